The Morgan fingerprint density at radius 1 is 0.950 bits per heavy atom. The lowest BCUT2D eigenvalue weighted by Gasteiger charge is -2.34. The van der Waals surface area contributed by atoms with Crippen LogP contribution in [0, 0.1) is 0 Å². The summed E-state index contributed by atoms with van der Waals surface area (Å²) in [4.78, 5) is 29.0. The zero-order chi connectivity index (χ0) is 28.7. The minimum Gasteiger partial charge on any atom is -0.352 e. The predicted octanol–water partition coefficient (Wildman–Crippen LogP) is 6.05. The molecule has 3 aromatic rings. The monoisotopic (exact) mass is 601 g/mol. The van der Waals surface area contributed by atoms with Crippen LogP contribution in [-0.2, 0) is 26.2 Å². The fraction of sp³-hybridized carbons (Fsp3) is 0.333. The number of carbonyl (C=O) groups excluding carboxylic acids is 2. The number of nitrogens with one attached hydrogen (secondary N) is 1. The summed E-state index contributed by atoms with van der Waals surface area (Å²) in [6.07, 6.45) is 4.29. The SMILES string of the molecule is CC[C@H](C(=O)NC1CCCC1)N(Cc1ccccc1)C(=O)CN(c1cc(Cl)ccc1Cl)S(=O)(=O)c1ccccc1. The second kappa shape index (κ2) is 13.5. The summed E-state index contributed by atoms with van der Waals surface area (Å²) in [6, 6.07) is 20.9. The van der Waals surface area contributed by atoms with Gasteiger partial charge in [0.2, 0.25) is 11.8 Å². The lowest BCUT2D eigenvalue weighted by Crippen LogP contribution is -2.53. The molecule has 0 aliphatic heterocycles. The van der Waals surface area contributed by atoms with Crippen molar-refractivity contribution in [2.75, 3.05) is 10.8 Å². The van der Waals surface area contributed by atoms with Crippen LogP contribution in [0.5, 0.6) is 0 Å². The van der Waals surface area contributed by atoms with Gasteiger partial charge in [-0.15, -0.1) is 0 Å². The first-order chi connectivity index (χ1) is 19.2. The Labute approximate surface area is 246 Å². The molecule has 212 valence electrons. The number of carbonyl (C=O) groups is 2. The van der Waals surface area contributed by atoms with Crippen LogP contribution in [0.4, 0.5) is 5.69 Å². The van der Waals surface area contributed by atoms with Crippen LogP contribution in [0.25, 0.3) is 0 Å². The molecule has 1 atom stereocenters. The number of benzene rings is 3. The zero-order valence-electron chi connectivity index (χ0n) is 22.3. The average molecular weight is 603 g/mol. The first-order valence-corrected chi connectivity index (χ1v) is 15.6. The number of nitrogens with zero attached hydrogens (tertiary/aromatic N) is 2. The van der Waals surface area contributed by atoms with E-state index < -0.39 is 28.5 Å². The maximum atomic E-state index is 14.1. The van der Waals surface area contributed by atoms with Gasteiger partial charge in [0.05, 0.1) is 15.6 Å². The highest BCUT2D eigenvalue weighted by molar-refractivity contribution is 7.92. The third-order valence-electron chi connectivity index (χ3n) is 7.07. The van der Waals surface area contributed by atoms with E-state index in [1.54, 1.807) is 24.3 Å². The van der Waals surface area contributed by atoms with Crippen LogP contribution >= 0.6 is 23.2 Å². The van der Waals surface area contributed by atoms with E-state index in [0.717, 1.165) is 35.6 Å². The first-order valence-electron chi connectivity index (χ1n) is 13.4. The Kier molecular flexibility index (Phi) is 10.1. The summed E-state index contributed by atoms with van der Waals surface area (Å²) in [6.45, 7) is 1.41. The Morgan fingerprint density at radius 3 is 2.20 bits per heavy atom. The number of hydrogen-bond donors (Lipinski definition) is 1. The molecule has 1 N–H and O–H groups in total. The van der Waals surface area contributed by atoms with E-state index in [0.29, 0.717) is 6.42 Å². The van der Waals surface area contributed by atoms with Crippen molar-refractivity contribution in [2.24, 2.45) is 0 Å². The molecule has 1 aliphatic carbocycles. The van der Waals surface area contributed by atoms with Crippen molar-refractivity contribution in [2.45, 2.75) is 62.6 Å². The summed E-state index contributed by atoms with van der Waals surface area (Å²) in [5.74, 6) is -0.773. The van der Waals surface area contributed by atoms with E-state index in [2.05, 4.69) is 5.32 Å². The maximum absolute atomic E-state index is 14.1. The third kappa shape index (κ3) is 7.16. The summed E-state index contributed by atoms with van der Waals surface area (Å²) >= 11 is 12.7. The largest absolute Gasteiger partial charge is 0.352 e. The normalized spacial score (nSPS) is 14.5. The Balaban J connectivity index is 1.72. The van der Waals surface area contributed by atoms with Crippen LogP contribution in [-0.4, -0.2) is 43.8 Å². The van der Waals surface area contributed by atoms with Crippen molar-refractivity contribution in [3.8, 4) is 0 Å². The lowest BCUT2D eigenvalue weighted by molar-refractivity contribution is -0.140. The fourth-order valence-corrected chi connectivity index (χ4v) is 6.86. The van der Waals surface area contributed by atoms with Crippen molar-refractivity contribution in [3.63, 3.8) is 0 Å². The van der Waals surface area contributed by atoms with E-state index in [4.69, 9.17) is 23.2 Å². The third-order valence-corrected chi connectivity index (χ3v) is 9.40. The van der Waals surface area contributed by atoms with Crippen LogP contribution in [0.15, 0.2) is 83.8 Å². The molecule has 0 heterocycles. The van der Waals surface area contributed by atoms with E-state index in [1.807, 2.05) is 37.3 Å². The molecule has 40 heavy (non-hydrogen) atoms. The molecule has 0 saturated heterocycles. The van der Waals surface area contributed by atoms with Crippen LogP contribution in [0.3, 0.4) is 0 Å². The second-order valence-corrected chi connectivity index (χ2v) is 12.5. The second-order valence-electron chi connectivity index (χ2n) is 9.84. The Hall–Kier alpha value is -3.07. The number of hydrogen-bond acceptors (Lipinski definition) is 4. The van der Waals surface area contributed by atoms with Crippen molar-refractivity contribution in [3.05, 3.63) is 94.5 Å². The topological polar surface area (TPSA) is 86.8 Å². The maximum Gasteiger partial charge on any atom is 0.264 e. The van der Waals surface area contributed by atoms with E-state index in [1.165, 1.54) is 29.2 Å². The molecule has 10 heteroatoms. The van der Waals surface area contributed by atoms with Gasteiger partial charge in [0.1, 0.15) is 12.6 Å². The van der Waals surface area contributed by atoms with E-state index in [-0.39, 0.29) is 39.1 Å². The van der Waals surface area contributed by atoms with Crippen LogP contribution in [0.2, 0.25) is 10.0 Å². The summed E-state index contributed by atoms with van der Waals surface area (Å²) in [7, 11) is -4.22. The highest BCUT2D eigenvalue weighted by Crippen LogP contribution is 2.33. The smallest absolute Gasteiger partial charge is 0.264 e. The number of halogens is 2. The molecule has 1 fully saturated rings. The van der Waals surface area contributed by atoms with Crippen LogP contribution < -0.4 is 9.62 Å². The molecule has 0 aromatic heterocycles. The Morgan fingerprint density at radius 2 is 1.57 bits per heavy atom. The predicted molar refractivity (Wildman–Crippen MR) is 159 cm³/mol. The quantitative estimate of drug-likeness (QED) is 0.289. The van der Waals surface area contributed by atoms with Gasteiger partial charge in [0.25, 0.3) is 10.0 Å². The van der Waals surface area contributed by atoms with Crippen LogP contribution in [0.1, 0.15) is 44.6 Å². The summed E-state index contributed by atoms with van der Waals surface area (Å²) in [5, 5.41) is 3.50. The zero-order valence-corrected chi connectivity index (χ0v) is 24.6. The van der Waals surface area contributed by atoms with Crippen molar-refractivity contribution in [1.29, 1.82) is 0 Å². The lowest BCUT2D eigenvalue weighted by atomic mass is 10.1. The van der Waals surface area contributed by atoms with Gasteiger partial charge in [0, 0.05) is 17.6 Å². The van der Waals surface area contributed by atoms with Gasteiger partial charge in [0.15, 0.2) is 0 Å². The molecule has 0 bridgehead atoms. The van der Waals surface area contributed by atoms with Gasteiger partial charge in [-0.1, -0.05) is 91.5 Å². The van der Waals surface area contributed by atoms with E-state index in [9.17, 15) is 18.0 Å². The number of anilines is 1. The molecule has 1 saturated carbocycles. The standard InChI is InChI=1S/C30H33Cl2N3O4S/c1-2-27(30(37)33-24-13-9-10-14-24)34(20-22-11-5-3-6-12-22)29(36)21-35(28-19-23(31)17-18-26(28)32)40(38,39)25-15-7-4-8-16-25/h3-8,11-12,15-19,24,27H,2,9-10,13-14,20-21H2,1H3,(H,33,37)/t27-/m1/s1. The molecule has 0 unspecified atom stereocenters. The van der Waals surface area contributed by atoms with Gasteiger partial charge in [-0.05, 0) is 55.2 Å². The average Bonchev–Trinajstić information content (AvgIpc) is 3.47. The molecule has 1 aliphatic rings. The highest BCUT2D eigenvalue weighted by atomic mass is 35.5. The molecule has 0 spiro atoms. The fourth-order valence-electron chi connectivity index (χ4n) is 4.98. The first kappa shape index (κ1) is 29.9. The van der Waals surface area contributed by atoms with Crippen molar-refractivity contribution < 1.29 is 18.0 Å². The van der Waals surface area contributed by atoms with Gasteiger partial charge in [-0.25, -0.2) is 8.42 Å². The molecule has 0 radical (unpaired) electrons. The van der Waals surface area contributed by atoms with Crippen molar-refractivity contribution in [1.82, 2.24) is 10.2 Å². The summed E-state index contributed by atoms with van der Waals surface area (Å²) < 4.78 is 28.8. The highest BCUT2D eigenvalue weighted by Gasteiger charge is 2.35. The van der Waals surface area contributed by atoms with E-state index >= 15 is 0 Å². The molecular formula is C30H33Cl2N3O4S. The number of rotatable bonds is 11. The molecule has 3 aromatic carbocycles. The molecular weight excluding hydrogens is 569 g/mol. The number of amides is 2. The van der Waals surface area contributed by atoms with Gasteiger partial charge in [-0.2, -0.15) is 0 Å². The summed E-state index contributed by atoms with van der Waals surface area (Å²) in [5.41, 5.74) is 0.899. The molecule has 4 rings (SSSR count). The molecule has 2 amide bonds. The minimum atomic E-state index is -4.22. The Bertz CT molecular complexity index is 1420. The number of sulfonamides is 1. The molecule has 7 nitrogen and oxygen atoms in total. The van der Waals surface area contributed by atoms with Gasteiger partial charge in [-0.3, -0.25) is 13.9 Å². The van der Waals surface area contributed by atoms with Gasteiger partial charge < -0.3 is 10.2 Å². The minimum absolute atomic E-state index is 0.000491. The van der Waals surface area contributed by atoms with Crippen molar-refractivity contribution >= 4 is 50.7 Å². The van der Waals surface area contributed by atoms with Gasteiger partial charge >= 0.3 is 0 Å².